The molecule has 2 fully saturated rings. The number of rotatable bonds is 1. The summed E-state index contributed by atoms with van der Waals surface area (Å²) in [6.45, 7) is 1.76. The molecule has 58 valence electrons. The summed E-state index contributed by atoms with van der Waals surface area (Å²) >= 11 is 0. The molecule has 1 saturated heterocycles. The van der Waals surface area contributed by atoms with Crippen molar-refractivity contribution in [3.63, 3.8) is 0 Å². The predicted octanol–water partition coefficient (Wildman–Crippen LogP) is 1.25. The molecule has 10 heavy (non-hydrogen) atoms. The summed E-state index contributed by atoms with van der Waals surface area (Å²) in [4.78, 5) is 0. The molecule has 2 rings (SSSR count). The highest BCUT2D eigenvalue weighted by Crippen LogP contribution is 2.59. The van der Waals surface area contributed by atoms with Gasteiger partial charge in [0.05, 0.1) is 0 Å². The summed E-state index contributed by atoms with van der Waals surface area (Å²) in [7, 11) is 0. The molecule has 0 aromatic heterocycles. The fourth-order valence-corrected chi connectivity index (χ4v) is 1.99. The SMILES string of the molecule is FC(F)C1CC12CCNC2. The van der Waals surface area contributed by atoms with Crippen molar-refractivity contribution in [1.29, 1.82) is 0 Å². The first-order chi connectivity index (χ1) is 4.75. The van der Waals surface area contributed by atoms with Crippen molar-refractivity contribution in [3.8, 4) is 0 Å². The van der Waals surface area contributed by atoms with Gasteiger partial charge in [-0.3, -0.25) is 0 Å². The molecule has 1 heterocycles. The van der Waals surface area contributed by atoms with Gasteiger partial charge in [-0.1, -0.05) is 0 Å². The van der Waals surface area contributed by atoms with Crippen molar-refractivity contribution in [3.05, 3.63) is 0 Å². The van der Waals surface area contributed by atoms with Crippen LogP contribution in [0.5, 0.6) is 0 Å². The molecule has 2 unspecified atom stereocenters. The average molecular weight is 147 g/mol. The van der Waals surface area contributed by atoms with Crippen LogP contribution < -0.4 is 5.32 Å². The standard InChI is InChI=1S/C7H11F2N/c8-6(9)5-3-7(5)1-2-10-4-7/h5-6,10H,1-4H2. The monoisotopic (exact) mass is 147 g/mol. The molecule has 1 spiro atoms. The molecular weight excluding hydrogens is 136 g/mol. The number of hydrogen-bond acceptors (Lipinski definition) is 1. The van der Waals surface area contributed by atoms with E-state index in [9.17, 15) is 8.78 Å². The van der Waals surface area contributed by atoms with Crippen molar-refractivity contribution in [2.45, 2.75) is 19.3 Å². The summed E-state index contributed by atoms with van der Waals surface area (Å²) in [5.41, 5.74) is 0.0220. The summed E-state index contributed by atoms with van der Waals surface area (Å²) in [5, 5.41) is 3.13. The highest BCUT2D eigenvalue weighted by atomic mass is 19.3. The van der Waals surface area contributed by atoms with E-state index in [-0.39, 0.29) is 11.3 Å². The highest BCUT2D eigenvalue weighted by molar-refractivity contribution is 5.07. The number of alkyl halides is 2. The number of halogens is 2. The lowest BCUT2D eigenvalue weighted by Gasteiger charge is -2.04. The molecule has 2 aliphatic rings. The van der Waals surface area contributed by atoms with Crippen LogP contribution in [0.4, 0.5) is 8.78 Å². The molecule has 1 N–H and O–H groups in total. The van der Waals surface area contributed by atoms with Gasteiger partial charge in [0.15, 0.2) is 0 Å². The first-order valence-electron chi connectivity index (χ1n) is 3.73. The zero-order valence-corrected chi connectivity index (χ0v) is 5.74. The Balaban J connectivity index is 1.97. The summed E-state index contributed by atoms with van der Waals surface area (Å²) in [5.74, 6) is -0.289. The van der Waals surface area contributed by atoms with Gasteiger partial charge in [-0.2, -0.15) is 0 Å². The van der Waals surface area contributed by atoms with Crippen LogP contribution in [-0.4, -0.2) is 19.5 Å². The molecule has 1 aliphatic carbocycles. The van der Waals surface area contributed by atoms with E-state index in [4.69, 9.17) is 0 Å². The fraction of sp³-hybridized carbons (Fsp3) is 1.00. The molecule has 0 amide bonds. The van der Waals surface area contributed by atoms with Crippen LogP contribution in [0.3, 0.4) is 0 Å². The van der Waals surface area contributed by atoms with Crippen molar-refractivity contribution in [2.24, 2.45) is 11.3 Å². The first kappa shape index (κ1) is 6.53. The lowest BCUT2D eigenvalue weighted by molar-refractivity contribution is 0.105. The van der Waals surface area contributed by atoms with Crippen LogP contribution in [0.2, 0.25) is 0 Å². The van der Waals surface area contributed by atoms with Crippen LogP contribution >= 0.6 is 0 Å². The molecule has 1 saturated carbocycles. The molecule has 0 aromatic rings. The minimum absolute atomic E-state index is 0.0220. The highest BCUT2D eigenvalue weighted by Gasteiger charge is 2.59. The van der Waals surface area contributed by atoms with Crippen molar-refractivity contribution < 1.29 is 8.78 Å². The van der Waals surface area contributed by atoms with Crippen LogP contribution in [0.15, 0.2) is 0 Å². The van der Waals surface area contributed by atoms with Gasteiger partial charge in [0.25, 0.3) is 0 Å². The van der Waals surface area contributed by atoms with Gasteiger partial charge in [0.2, 0.25) is 6.43 Å². The first-order valence-corrected chi connectivity index (χ1v) is 3.73. The van der Waals surface area contributed by atoms with E-state index in [0.29, 0.717) is 0 Å². The Morgan fingerprint density at radius 3 is 2.70 bits per heavy atom. The van der Waals surface area contributed by atoms with Crippen LogP contribution in [0.1, 0.15) is 12.8 Å². The zero-order chi connectivity index (χ0) is 7.19. The van der Waals surface area contributed by atoms with E-state index < -0.39 is 6.43 Å². The smallest absolute Gasteiger partial charge is 0.242 e. The average Bonchev–Trinajstić information content (AvgIpc) is 2.32. The second-order valence-corrected chi connectivity index (χ2v) is 3.43. The summed E-state index contributed by atoms with van der Waals surface area (Å²) in [6, 6.07) is 0. The molecule has 0 radical (unpaired) electrons. The van der Waals surface area contributed by atoms with E-state index in [2.05, 4.69) is 5.32 Å². The van der Waals surface area contributed by atoms with E-state index in [1.54, 1.807) is 0 Å². The quantitative estimate of drug-likeness (QED) is 0.588. The Morgan fingerprint density at radius 1 is 1.50 bits per heavy atom. The van der Waals surface area contributed by atoms with Gasteiger partial charge in [-0.25, -0.2) is 8.78 Å². The molecule has 0 bridgehead atoms. The normalized spacial score (nSPS) is 45.3. The number of nitrogens with one attached hydrogen (secondary N) is 1. The third-order valence-corrected chi connectivity index (χ3v) is 2.83. The topological polar surface area (TPSA) is 12.0 Å². The minimum atomic E-state index is -2.08. The van der Waals surface area contributed by atoms with Crippen molar-refractivity contribution in [2.75, 3.05) is 13.1 Å². The van der Waals surface area contributed by atoms with Gasteiger partial charge in [0, 0.05) is 12.5 Å². The molecule has 2 atom stereocenters. The molecule has 0 aromatic carbocycles. The van der Waals surface area contributed by atoms with E-state index in [1.807, 2.05) is 0 Å². The molecular formula is C7H11F2N. The Kier molecular flexibility index (Phi) is 1.24. The van der Waals surface area contributed by atoms with Crippen LogP contribution in [0.25, 0.3) is 0 Å². The Hall–Kier alpha value is -0.180. The fourth-order valence-electron chi connectivity index (χ4n) is 1.99. The maximum Gasteiger partial charge on any atom is 0.242 e. The Morgan fingerprint density at radius 2 is 2.30 bits per heavy atom. The van der Waals surface area contributed by atoms with Gasteiger partial charge >= 0.3 is 0 Å². The van der Waals surface area contributed by atoms with E-state index in [0.717, 1.165) is 25.9 Å². The summed E-state index contributed by atoms with van der Waals surface area (Å²) in [6.07, 6.45) is -0.375. The second-order valence-electron chi connectivity index (χ2n) is 3.43. The van der Waals surface area contributed by atoms with Crippen molar-refractivity contribution in [1.82, 2.24) is 5.32 Å². The summed E-state index contributed by atoms with van der Waals surface area (Å²) < 4.78 is 24.2. The van der Waals surface area contributed by atoms with Crippen LogP contribution in [0, 0.1) is 11.3 Å². The van der Waals surface area contributed by atoms with E-state index in [1.165, 1.54) is 0 Å². The molecule has 1 nitrogen and oxygen atoms in total. The zero-order valence-electron chi connectivity index (χ0n) is 5.74. The van der Waals surface area contributed by atoms with Gasteiger partial charge in [-0.05, 0) is 24.8 Å². The van der Waals surface area contributed by atoms with Gasteiger partial charge < -0.3 is 5.32 Å². The second kappa shape index (κ2) is 1.91. The van der Waals surface area contributed by atoms with Crippen LogP contribution in [-0.2, 0) is 0 Å². The third-order valence-electron chi connectivity index (χ3n) is 2.83. The largest absolute Gasteiger partial charge is 0.316 e. The number of hydrogen-bond donors (Lipinski definition) is 1. The Bertz CT molecular complexity index is 141. The lowest BCUT2D eigenvalue weighted by atomic mass is 10.0. The van der Waals surface area contributed by atoms with Gasteiger partial charge in [-0.15, -0.1) is 0 Å². The predicted molar refractivity (Wildman–Crippen MR) is 34.0 cm³/mol. The molecule has 3 heteroatoms. The lowest BCUT2D eigenvalue weighted by Crippen LogP contribution is -2.13. The Labute approximate surface area is 58.8 Å². The minimum Gasteiger partial charge on any atom is -0.316 e. The van der Waals surface area contributed by atoms with E-state index >= 15 is 0 Å². The maximum absolute atomic E-state index is 12.1. The third kappa shape index (κ3) is 0.764. The molecule has 1 aliphatic heterocycles. The maximum atomic E-state index is 12.1. The van der Waals surface area contributed by atoms with Crippen molar-refractivity contribution >= 4 is 0 Å². The van der Waals surface area contributed by atoms with Gasteiger partial charge in [0.1, 0.15) is 0 Å².